The van der Waals surface area contributed by atoms with Crippen LogP contribution in [-0.2, 0) is 6.54 Å². The summed E-state index contributed by atoms with van der Waals surface area (Å²) in [5, 5.41) is 16.4. The van der Waals surface area contributed by atoms with Crippen LogP contribution in [0.2, 0.25) is 0 Å². The molecule has 1 atom stereocenters. The van der Waals surface area contributed by atoms with Crippen LogP contribution in [0.1, 0.15) is 31.7 Å². The summed E-state index contributed by atoms with van der Waals surface area (Å²) in [5.41, 5.74) is 3.78. The molecule has 0 aromatic heterocycles. The van der Waals surface area contributed by atoms with Gasteiger partial charge < -0.3 is 25.5 Å². The first kappa shape index (κ1) is 22.5. The number of hydrogen-bond donors (Lipinski definition) is 3. The second-order valence-corrected chi connectivity index (χ2v) is 8.89. The van der Waals surface area contributed by atoms with Crippen LogP contribution in [0.4, 0.5) is 11.4 Å². The van der Waals surface area contributed by atoms with Gasteiger partial charge in [0.05, 0.1) is 6.54 Å². The van der Waals surface area contributed by atoms with Crippen LogP contribution in [0, 0.1) is 5.92 Å². The molecule has 0 aliphatic carbocycles. The first-order chi connectivity index (χ1) is 15.7. The SMILES string of the molecule is CCNC(=NCc1ccc(N2CCC(CO)CC2)cc1)NC1CCN(c2ccccc2)C1. The lowest BCUT2D eigenvalue weighted by atomic mass is 9.97. The normalized spacial score (nSPS) is 19.9. The Morgan fingerprint density at radius 2 is 1.62 bits per heavy atom. The van der Waals surface area contributed by atoms with Gasteiger partial charge in [0.15, 0.2) is 5.96 Å². The van der Waals surface area contributed by atoms with Gasteiger partial charge in [0.2, 0.25) is 0 Å². The minimum atomic E-state index is 0.318. The molecule has 1 unspecified atom stereocenters. The Bertz CT molecular complexity index is 846. The molecule has 2 saturated heterocycles. The van der Waals surface area contributed by atoms with Gasteiger partial charge >= 0.3 is 0 Å². The second kappa shape index (κ2) is 11.2. The van der Waals surface area contributed by atoms with Crippen LogP contribution in [-0.4, -0.2) is 56.4 Å². The lowest BCUT2D eigenvalue weighted by Crippen LogP contribution is -2.44. The second-order valence-electron chi connectivity index (χ2n) is 8.89. The fraction of sp³-hybridized carbons (Fsp3) is 0.500. The molecule has 2 aliphatic rings. The maximum atomic E-state index is 9.34. The lowest BCUT2D eigenvalue weighted by molar-refractivity contribution is 0.203. The number of nitrogens with one attached hydrogen (secondary N) is 2. The van der Waals surface area contributed by atoms with E-state index in [1.54, 1.807) is 0 Å². The van der Waals surface area contributed by atoms with E-state index in [2.05, 4.69) is 82.0 Å². The van der Waals surface area contributed by atoms with Crippen molar-refractivity contribution in [2.75, 3.05) is 49.1 Å². The Hall–Kier alpha value is -2.73. The molecule has 0 amide bonds. The highest BCUT2D eigenvalue weighted by Gasteiger charge is 2.23. The number of nitrogens with zero attached hydrogens (tertiary/aromatic N) is 3. The summed E-state index contributed by atoms with van der Waals surface area (Å²) in [6.45, 7) is 8.06. The van der Waals surface area contributed by atoms with Crippen molar-refractivity contribution in [3.63, 3.8) is 0 Å². The van der Waals surface area contributed by atoms with Crippen molar-refractivity contribution in [2.45, 2.75) is 38.8 Å². The topological polar surface area (TPSA) is 63.1 Å². The Kier molecular flexibility index (Phi) is 7.88. The lowest BCUT2D eigenvalue weighted by Gasteiger charge is -2.32. The van der Waals surface area contributed by atoms with E-state index in [9.17, 15) is 5.11 Å². The van der Waals surface area contributed by atoms with E-state index < -0.39 is 0 Å². The fourth-order valence-corrected chi connectivity index (χ4v) is 4.62. The molecule has 172 valence electrons. The van der Waals surface area contributed by atoms with Crippen LogP contribution in [0.3, 0.4) is 0 Å². The Morgan fingerprint density at radius 3 is 2.31 bits per heavy atom. The van der Waals surface area contributed by atoms with Gasteiger partial charge in [0, 0.05) is 56.7 Å². The Balaban J connectivity index is 1.30. The van der Waals surface area contributed by atoms with Gasteiger partial charge in [0.25, 0.3) is 0 Å². The summed E-state index contributed by atoms with van der Waals surface area (Å²) < 4.78 is 0. The van der Waals surface area contributed by atoms with Gasteiger partial charge in [-0.2, -0.15) is 0 Å². The maximum absolute atomic E-state index is 9.34. The van der Waals surface area contributed by atoms with Crippen molar-refractivity contribution in [3.05, 3.63) is 60.2 Å². The monoisotopic (exact) mass is 435 g/mol. The number of anilines is 2. The van der Waals surface area contributed by atoms with E-state index in [1.807, 2.05) is 0 Å². The van der Waals surface area contributed by atoms with E-state index in [-0.39, 0.29) is 0 Å². The van der Waals surface area contributed by atoms with Crippen molar-refractivity contribution in [2.24, 2.45) is 10.9 Å². The van der Waals surface area contributed by atoms with Crippen molar-refractivity contribution in [3.8, 4) is 0 Å². The van der Waals surface area contributed by atoms with Crippen molar-refractivity contribution in [1.82, 2.24) is 10.6 Å². The number of rotatable bonds is 7. The molecule has 2 aromatic rings. The van der Waals surface area contributed by atoms with Crippen LogP contribution >= 0.6 is 0 Å². The van der Waals surface area contributed by atoms with Gasteiger partial charge in [-0.3, -0.25) is 0 Å². The number of guanidine groups is 1. The molecule has 0 saturated carbocycles. The zero-order valence-corrected chi connectivity index (χ0v) is 19.2. The molecule has 2 aromatic carbocycles. The average molecular weight is 436 g/mol. The number of para-hydroxylation sites is 1. The van der Waals surface area contributed by atoms with E-state index in [1.165, 1.54) is 16.9 Å². The highest BCUT2D eigenvalue weighted by Crippen LogP contribution is 2.23. The summed E-state index contributed by atoms with van der Waals surface area (Å²) in [6.07, 6.45) is 3.26. The van der Waals surface area contributed by atoms with Gasteiger partial charge in [-0.1, -0.05) is 30.3 Å². The summed E-state index contributed by atoms with van der Waals surface area (Å²) in [7, 11) is 0. The first-order valence-electron chi connectivity index (χ1n) is 12.0. The van der Waals surface area contributed by atoms with Gasteiger partial charge in [-0.25, -0.2) is 4.99 Å². The number of aliphatic hydroxyl groups is 1. The number of aliphatic hydroxyl groups excluding tert-OH is 1. The van der Waals surface area contributed by atoms with E-state index >= 15 is 0 Å². The third-order valence-electron chi connectivity index (χ3n) is 6.59. The van der Waals surface area contributed by atoms with Crippen molar-refractivity contribution < 1.29 is 5.11 Å². The summed E-state index contributed by atoms with van der Waals surface area (Å²) in [5.74, 6) is 1.36. The van der Waals surface area contributed by atoms with Gasteiger partial charge in [0.1, 0.15) is 0 Å². The summed E-state index contributed by atoms with van der Waals surface area (Å²) in [4.78, 5) is 9.70. The largest absolute Gasteiger partial charge is 0.396 e. The molecule has 2 fully saturated rings. The quantitative estimate of drug-likeness (QED) is 0.460. The van der Waals surface area contributed by atoms with Crippen LogP contribution in [0.15, 0.2) is 59.6 Å². The molecule has 0 spiro atoms. The molecule has 0 radical (unpaired) electrons. The summed E-state index contributed by atoms with van der Waals surface area (Å²) in [6, 6.07) is 19.8. The van der Waals surface area contributed by atoms with E-state index in [0.717, 1.165) is 57.9 Å². The average Bonchev–Trinajstić information content (AvgIpc) is 3.32. The van der Waals surface area contributed by atoms with E-state index in [4.69, 9.17) is 4.99 Å². The van der Waals surface area contributed by atoms with E-state index in [0.29, 0.717) is 25.1 Å². The molecular formula is C26H37N5O. The predicted molar refractivity (Wildman–Crippen MR) is 133 cm³/mol. The Labute approximate surface area is 192 Å². The molecule has 3 N–H and O–H groups in total. The highest BCUT2D eigenvalue weighted by molar-refractivity contribution is 5.80. The number of benzene rings is 2. The number of piperidine rings is 1. The van der Waals surface area contributed by atoms with Crippen molar-refractivity contribution in [1.29, 1.82) is 0 Å². The molecule has 6 nitrogen and oxygen atoms in total. The van der Waals surface area contributed by atoms with Gasteiger partial charge in [-0.15, -0.1) is 0 Å². The maximum Gasteiger partial charge on any atom is 0.191 e. The molecule has 2 heterocycles. The molecule has 2 aliphatic heterocycles. The minimum Gasteiger partial charge on any atom is -0.396 e. The third-order valence-corrected chi connectivity index (χ3v) is 6.59. The number of aliphatic imine (C=N–C) groups is 1. The summed E-state index contributed by atoms with van der Waals surface area (Å²) >= 11 is 0. The molecule has 0 bridgehead atoms. The molecule has 6 heteroatoms. The van der Waals surface area contributed by atoms with Gasteiger partial charge in [-0.05, 0) is 61.9 Å². The molecular weight excluding hydrogens is 398 g/mol. The molecule has 4 rings (SSSR count). The zero-order chi connectivity index (χ0) is 22.2. The Morgan fingerprint density at radius 1 is 0.938 bits per heavy atom. The van der Waals surface area contributed by atoms with Crippen LogP contribution < -0.4 is 20.4 Å². The standard InChI is InChI=1S/C26H37N5O/c1-2-27-26(29-23-14-17-31(19-23)24-6-4-3-5-7-24)28-18-21-8-10-25(11-9-21)30-15-12-22(20-32)13-16-30/h3-11,22-23,32H,2,12-20H2,1H3,(H2,27,28,29). The van der Waals surface area contributed by atoms with Crippen LogP contribution in [0.5, 0.6) is 0 Å². The first-order valence-corrected chi connectivity index (χ1v) is 12.0. The smallest absolute Gasteiger partial charge is 0.191 e. The third kappa shape index (κ3) is 5.94. The van der Waals surface area contributed by atoms with Crippen LogP contribution in [0.25, 0.3) is 0 Å². The predicted octanol–water partition coefficient (Wildman–Crippen LogP) is 3.23. The fourth-order valence-electron chi connectivity index (χ4n) is 4.62. The van der Waals surface area contributed by atoms with Crippen molar-refractivity contribution >= 4 is 17.3 Å². The molecule has 32 heavy (non-hydrogen) atoms. The zero-order valence-electron chi connectivity index (χ0n) is 19.2. The highest BCUT2D eigenvalue weighted by atomic mass is 16.3. The minimum absolute atomic E-state index is 0.318. The number of hydrogen-bond acceptors (Lipinski definition) is 4.